The van der Waals surface area contributed by atoms with Crippen molar-refractivity contribution in [2.75, 3.05) is 23.8 Å². The van der Waals surface area contributed by atoms with Crippen LogP contribution in [0.2, 0.25) is 5.02 Å². The first kappa shape index (κ1) is 21.4. The normalized spacial score (nSPS) is 11.2. The van der Waals surface area contributed by atoms with E-state index >= 15 is 0 Å². The lowest BCUT2D eigenvalue weighted by Crippen LogP contribution is -2.23. The van der Waals surface area contributed by atoms with Gasteiger partial charge in [-0.1, -0.05) is 11.6 Å². The lowest BCUT2D eigenvalue weighted by Gasteiger charge is -2.16. The number of benzene rings is 2. The van der Waals surface area contributed by atoms with E-state index in [-0.39, 0.29) is 24.6 Å². The van der Waals surface area contributed by atoms with Gasteiger partial charge in [0.1, 0.15) is 18.4 Å². The van der Waals surface area contributed by atoms with E-state index in [0.29, 0.717) is 16.4 Å². The first-order valence-corrected chi connectivity index (χ1v) is 9.18. The summed E-state index contributed by atoms with van der Waals surface area (Å²) < 4.78 is 45.8. The SMILES string of the molecule is CCOc1ccc(C(F)(F)F)cc1NCC(=O)Nc1cc(Cl)ccc1-n1cncn1. The molecule has 1 aromatic heterocycles. The molecular weight excluding hydrogens is 423 g/mol. The second-order valence-corrected chi connectivity index (χ2v) is 6.48. The maximum Gasteiger partial charge on any atom is 0.416 e. The highest BCUT2D eigenvalue weighted by atomic mass is 35.5. The summed E-state index contributed by atoms with van der Waals surface area (Å²) in [5, 5.41) is 9.77. The van der Waals surface area contributed by atoms with Crippen LogP contribution in [0.15, 0.2) is 49.1 Å². The molecule has 3 aromatic rings. The lowest BCUT2D eigenvalue weighted by atomic mass is 10.1. The van der Waals surface area contributed by atoms with Gasteiger partial charge >= 0.3 is 6.18 Å². The van der Waals surface area contributed by atoms with Crippen LogP contribution in [-0.4, -0.2) is 33.8 Å². The van der Waals surface area contributed by atoms with Gasteiger partial charge in [0.25, 0.3) is 0 Å². The Bertz CT molecular complexity index is 1030. The van der Waals surface area contributed by atoms with Crippen LogP contribution in [0, 0.1) is 0 Å². The number of amides is 1. The summed E-state index contributed by atoms with van der Waals surface area (Å²) in [7, 11) is 0. The standard InChI is InChI=1S/C19H17ClF3N5O2/c1-2-30-17-6-3-12(19(21,22)23)7-15(17)25-9-18(29)27-14-8-13(20)4-5-16(14)28-11-24-10-26-28/h3-8,10-11,25H,2,9H2,1H3,(H,27,29). The van der Waals surface area contributed by atoms with E-state index in [1.807, 2.05) is 0 Å². The number of nitrogens with one attached hydrogen (secondary N) is 2. The molecule has 0 saturated heterocycles. The number of ether oxygens (including phenoxy) is 1. The molecule has 0 spiro atoms. The van der Waals surface area contributed by atoms with E-state index in [4.69, 9.17) is 16.3 Å². The Labute approximate surface area is 174 Å². The molecule has 30 heavy (non-hydrogen) atoms. The largest absolute Gasteiger partial charge is 0.492 e. The number of hydrogen-bond acceptors (Lipinski definition) is 5. The van der Waals surface area contributed by atoms with Gasteiger partial charge in [-0.15, -0.1) is 0 Å². The molecule has 1 amide bonds. The van der Waals surface area contributed by atoms with Crippen LogP contribution in [0.1, 0.15) is 12.5 Å². The number of anilines is 2. The van der Waals surface area contributed by atoms with Crippen LogP contribution in [0.3, 0.4) is 0 Å². The number of carbonyl (C=O) groups excluding carboxylic acids is 1. The van der Waals surface area contributed by atoms with Crippen molar-refractivity contribution in [1.82, 2.24) is 14.8 Å². The molecular formula is C19H17ClF3N5O2. The Hall–Kier alpha value is -3.27. The molecule has 0 unspecified atom stereocenters. The maximum absolute atomic E-state index is 13.0. The zero-order valence-corrected chi connectivity index (χ0v) is 16.5. The fourth-order valence-electron chi connectivity index (χ4n) is 2.64. The molecule has 1 heterocycles. The van der Waals surface area contributed by atoms with E-state index < -0.39 is 17.6 Å². The van der Waals surface area contributed by atoms with Crippen LogP contribution >= 0.6 is 11.6 Å². The second-order valence-electron chi connectivity index (χ2n) is 6.04. The summed E-state index contributed by atoms with van der Waals surface area (Å²) in [6.45, 7) is 1.67. The van der Waals surface area contributed by atoms with Crippen LogP contribution in [0.25, 0.3) is 5.69 Å². The summed E-state index contributed by atoms with van der Waals surface area (Å²) >= 11 is 6.02. The number of halogens is 4. The monoisotopic (exact) mass is 439 g/mol. The van der Waals surface area contributed by atoms with E-state index in [1.54, 1.807) is 19.1 Å². The van der Waals surface area contributed by atoms with Crippen molar-refractivity contribution in [2.45, 2.75) is 13.1 Å². The Morgan fingerprint density at radius 1 is 1.20 bits per heavy atom. The Morgan fingerprint density at radius 3 is 2.67 bits per heavy atom. The van der Waals surface area contributed by atoms with Crippen molar-refractivity contribution < 1.29 is 22.7 Å². The van der Waals surface area contributed by atoms with Gasteiger partial charge in [-0.05, 0) is 43.3 Å². The minimum atomic E-state index is -4.52. The molecule has 0 aliphatic carbocycles. The van der Waals surface area contributed by atoms with Crippen LogP contribution in [0.5, 0.6) is 5.75 Å². The molecule has 7 nitrogen and oxygen atoms in total. The van der Waals surface area contributed by atoms with Gasteiger partial charge in [-0.3, -0.25) is 4.79 Å². The average Bonchev–Trinajstić information content (AvgIpc) is 3.21. The van der Waals surface area contributed by atoms with Crippen LogP contribution in [0.4, 0.5) is 24.5 Å². The smallest absolute Gasteiger partial charge is 0.416 e. The number of carbonyl (C=O) groups is 1. The predicted molar refractivity (Wildman–Crippen MR) is 106 cm³/mol. The number of hydrogen-bond donors (Lipinski definition) is 2. The lowest BCUT2D eigenvalue weighted by molar-refractivity contribution is -0.137. The zero-order valence-electron chi connectivity index (χ0n) is 15.7. The Morgan fingerprint density at radius 2 is 2.00 bits per heavy atom. The highest BCUT2D eigenvalue weighted by Crippen LogP contribution is 2.35. The van der Waals surface area contributed by atoms with Crippen molar-refractivity contribution in [3.8, 4) is 11.4 Å². The molecule has 3 rings (SSSR count). The van der Waals surface area contributed by atoms with E-state index in [1.165, 1.54) is 29.5 Å². The fraction of sp³-hybridized carbons (Fsp3) is 0.211. The quantitative estimate of drug-likeness (QED) is 0.570. The minimum Gasteiger partial charge on any atom is -0.492 e. The van der Waals surface area contributed by atoms with Gasteiger partial charge < -0.3 is 15.4 Å². The fourth-order valence-corrected chi connectivity index (χ4v) is 2.81. The van der Waals surface area contributed by atoms with Crippen LogP contribution < -0.4 is 15.4 Å². The number of rotatable bonds is 7. The summed E-state index contributed by atoms with van der Waals surface area (Å²) in [6, 6.07) is 7.85. The molecule has 0 radical (unpaired) electrons. The highest BCUT2D eigenvalue weighted by molar-refractivity contribution is 6.31. The van der Waals surface area contributed by atoms with Gasteiger partial charge in [-0.25, -0.2) is 9.67 Å². The van der Waals surface area contributed by atoms with E-state index in [9.17, 15) is 18.0 Å². The van der Waals surface area contributed by atoms with Gasteiger partial charge in [0.15, 0.2) is 0 Å². The van der Waals surface area contributed by atoms with Gasteiger partial charge in [-0.2, -0.15) is 18.3 Å². The van der Waals surface area contributed by atoms with E-state index in [0.717, 1.165) is 12.1 Å². The van der Waals surface area contributed by atoms with E-state index in [2.05, 4.69) is 20.7 Å². The number of alkyl halides is 3. The molecule has 11 heteroatoms. The Balaban J connectivity index is 1.76. The summed E-state index contributed by atoms with van der Waals surface area (Å²) in [4.78, 5) is 16.3. The summed E-state index contributed by atoms with van der Waals surface area (Å²) in [6.07, 6.45) is -1.73. The molecule has 158 valence electrons. The topological polar surface area (TPSA) is 81.1 Å². The number of nitrogens with zero attached hydrogens (tertiary/aromatic N) is 3. The third-order valence-corrected chi connectivity index (χ3v) is 4.18. The van der Waals surface area contributed by atoms with Gasteiger partial charge in [0.2, 0.25) is 5.91 Å². The van der Waals surface area contributed by atoms with Crippen LogP contribution in [-0.2, 0) is 11.0 Å². The second kappa shape index (κ2) is 9.04. The van der Waals surface area contributed by atoms with Crippen molar-refractivity contribution in [3.63, 3.8) is 0 Å². The van der Waals surface area contributed by atoms with Crippen molar-refractivity contribution in [1.29, 1.82) is 0 Å². The third kappa shape index (κ3) is 5.20. The third-order valence-electron chi connectivity index (χ3n) is 3.94. The van der Waals surface area contributed by atoms with Gasteiger partial charge in [0.05, 0.1) is 35.8 Å². The molecule has 0 fully saturated rings. The van der Waals surface area contributed by atoms with Crippen molar-refractivity contribution in [3.05, 3.63) is 59.6 Å². The summed E-state index contributed by atoms with van der Waals surface area (Å²) in [5.41, 5.74) is 0.106. The molecule has 0 aliphatic heterocycles. The molecule has 2 N–H and O–H groups in total. The molecule has 0 aliphatic rings. The number of aromatic nitrogens is 3. The molecule has 0 bridgehead atoms. The highest BCUT2D eigenvalue weighted by Gasteiger charge is 2.31. The first-order valence-electron chi connectivity index (χ1n) is 8.80. The predicted octanol–water partition coefficient (Wildman–Crippen LogP) is 4.39. The zero-order chi connectivity index (χ0) is 21.7. The summed E-state index contributed by atoms with van der Waals surface area (Å²) in [5.74, 6) is -0.289. The molecule has 0 saturated carbocycles. The first-order chi connectivity index (χ1) is 14.3. The Kier molecular flexibility index (Phi) is 6.46. The minimum absolute atomic E-state index is 0.0596. The van der Waals surface area contributed by atoms with Gasteiger partial charge in [0, 0.05) is 5.02 Å². The molecule has 2 aromatic carbocycles. The van der Waals surface area contributed by atoms with Crippen molar-refractivity contribution >= 4 is 28.9 Å². The maximum atomic E-state index is 13.0. The van der Waals surface area contributed by atoms with Crippen molar-refractivity contribution in [2.24, 2.45) is 0 Å². The molecule has 0 atom stereocenters. The average molecular weight is 440 g/mol.